The molecular formula is C36H36N2O7. The van der Waals surface area contributed by atoms with Crippen LogP contribution in [-0.4, -0.2) is 42.5 Å². The number of ether oxygens (including phenoxy) is 3. The summed E-state index contributed by atoms with van der Waals surface area (Å²) in [5, 5.41) is 17.3. The summed E-state index contributed by atoms with van der Waals surface area (Å²) in [6, 6.07) is 30.4. The molecule has 1 aliphatic carbocycles. The van der Waals surface area contributed by atoms with Gasteiger partial charge < -0.3 is 30.0 Å². The zero-order chi connectivity index (χ0) is 32.0. The monoisotopic (exact) mass is 608 g/mol. The van der Waals surface area contributed by atoms with Crippen LogP contribution < -0.4 is 24.8 Å². The molecule has 0 radical (unpaired) electrons. The quantitative estimate of drug-likeness (QED) is 0.200. The van der Waals surface area contributed by atoms with Crippen molar-refractivity contribution >= 4 is 29.0 Å². The Morgan fingerprint density at radius 2 is 1.31 bits per heavy atom. The molecule has 4 unspecified atom stereocenters. The SMILES string of the molecule is COc1ccccc1NC(=O)C1C(=O)CC(C)(O)C(C(=O)Nc2ccccc2OC)C1c1ccc(OCc2ccccc2)cc1. The molecular weight excluding hydrogens is 572 g/mol. The summed E-state index contributed by atoms with van der Waals surface area (Å²) < 4.78 is 16.8. The number of carbonyl (C=O) groups excluding carboxylic acids is 3. The van der Waals surface area contributed by atoms with Crippen LogP contribution in [0.2, 0.25) is 0 Å². The Labute approximate surface area is 262 Å². The van der Waals surface area contributed by atoms with Crippen molar-refractivity contribution in [1.82, 2.24) is 0 Å². The molecule has 0 aliphatic heterocycles. The number of carbonyl (C=O) groups is 3. The molecule has 4 aromatic rings. The van der Waals surface area contributed by atoms with E-state index >= 15 is 0 Å². The molecule has 9 heteroatoms. The standard InChI is InChI=1S/C36H36N2O7/c1-36(42)21-28(39)32(34(40)37-26-13-7-9-15-29(26)43-2)31(33(36)35(41)38-27-14-8-10-16-30(27)44-3)24-17-19-25(20-18-24)45-22-23-11-5-4-6-12-23/h4-20,31-33,42H,21-22H2,1-3H3,(H,37,40)(H,38,41). The number of nitrogens with one attached hydrogen (secondary N) is 2. The molecule has 2 amide bonds. The molecule has 0 aromatic heterocycles. The number of hydrogen-bond acceptors (Lipinski definition) is 7. The summed E-state index contributed by atoms with van der Waals surface area (Å²) in [7, 11) is 2.97. The summed E-state index contributed by atoms with van der Waals surface area (Å²) in [6.07, 6.45) is -0.393. The molecule has 0 bridgehead atoms. The van der Waals surface area contributed by atoms with Gasteiger partial charge in [0.25, 0.3) is 0 Å². The van der Waals surface area contributed by atoms with Crippen LogP contribution in [0.4, 0.5) is 11.4 Å². The minimum absolute atomic E-state index is 0.352. The van der Waals surface area contributed by atoms with E-state index in [1.54, 1.807) is 72.8 Å². The number of anilines is 2. The molecule has 1 aliphatic rings. The van der Waals surface area contributed by atoms with E-state index in [-0.39, 0.29) is 0 Å². The molecule has 1 saturated carbocycles. The van der Waals surface area contributed by atoms with Crippen molar-refractivity contribution in [2.45, 2.75) is 31.5 Å². The molecule has 9 nitrogen and oxygen atoms in total. The van der Waals surface area contributed by atoms with Crippen LogP contribution >= 0.6 is 0 Å². The van der Waals surface area contributed by atoms with Crippen LogP contribution in [0.1, 0.15) is 30.4 Å². The topological polar surface area (TPSA) is 123 Å². The summed E-state index contributed by atoms with van der Waals surface area (Å²) in [4.78, 5) is 41.7. The van der Waals surface area contributed by atoms with Gasteiger partial charge in [-0.1, -0.05) is 66.7 Å². The van der Waals surface area contributed by atoms with Crippen LogP contribution in [0.5, 0.6) is 17.2 Å². The van der Waals surface area contributed by atoms with Crippen molar-refractivity contribution in [2.75, 3.05) is 24.9 Å². The van der Waals surface area contributed by atoms with Gasteiger partial charge in [-0.2, -0.15) is 0 Å². The maximum atomic E-state index is 14.1. The van der Waals surface area contributed by atoms with Gasteiger partial charge in [0.15, 0.2) is 0 Å². The molecule has 232 valence electrons. The fourth-order valence-electron chi connectivity index (χ4n) is 5.94. The smallest absolute Gasteiger partial charge is 0.235 e. The van der Waals surface area contributed by atoms with Crippen LogP contribution in [0.15, 0.2) is 103 Å². The first-order valence-electron chi connectivity index (χ1n) is 14.6. The van der Waals surface area contributed by atoms with Crippen LogP contribution in [0.25, 0.3) is 0 Å². The van der Waals surface area contributed by atoms with Gasteiger partial charge >= 0.3 is 0 Å². The lowest BCUT2D eigenvalue weighted by molar-refractivity contribution is -0.150. The Hall–Kier alpha value is -5.15. The third-order valence-corrected chi connectivity index (χ3v) is 8.08. The van der Waals surface area contributed by atoms with E-state index in [0.29, 0.717) is 40.8 Å². The van der Waals surface area contributed by atoms with Crippen molar-refractivity contribution in [3.8, 4) is 17.2 Å². The van der Waals surface area contributed by atoms with E-state index in [4.69, 9.17) is 14.2 Å². The second kappa shape index (κ2) is 13.7. The third-order valence-electron chi connectivity index (χ3n) is 8.08. The minimum Gasteiger partial charge on any atom is -0.495 e. The second-order valence-electron chi connectivity index (χ2n) is 11.2. The molecule has 4 atom stereocenters. The highest BCUT2D eigenvalue weighted by molar-refractivity contribution is 6.11. The third kappa shape index (κ3) is 6.99. The highest BCUT2D eigenvalue weighted by atomic mass is 16.5. The zero-order valence-electron chi connectivity index (χ0n) is 25.4. The highest BCUT2D eigenvalue weighted by Gasteiger charge is 2.56. The van der Waals surface area contributed by atoms with E-state index in [2.05, 4.69) is 10.6 Å². The van der Waals surface area contributed by atoms with Crippen LogP contribution in [-0.2, 0) is 21.0 Å². The van der Waals surface area contributed by atoms with Gasteiger partial charge in [0, 0.05) is 12.3 Å². The Balaban J connectivity index is 1.52. The summed E-state index contributed by atoms with van der Waals surface area (Å²) in [5.41, 5.74) is 0.537. The van der Waals surface area contributed by atoms with Crippen molar-refractivity contribution in [3.63, 3.8) is 0 Å². The average molecular weight is 609 g/mol. The lowest BCUT2D eigenvalue weighted by Gasteiger charge is -2.44. The number of aliphatic hydroxyl groups is 1. The maximum absolute atomic E-state index is 14.1. The Kier molecular flexibility index (Phi) is 9.49. The predicted molar refractivity (Wildman–Crippen MR) is 170 cm³/mol. The first-order valence-corrected chi connectivity index (χ1v) is 14.6. The molecule has 0 spiro atoms. The Morgan fingerprint density at radius 3 is 1.89 bits per heavy atom. The van der Waals surface area contributed by atoms with Gasteiger partial charge in [-0.25, -0.2) is 0 Å². The van der Waals surface area contributed by atoms with Crippen LogP contribution in [0, 0.1) is 11.8 Å². The molecule has 4 aromatic carbocycles. The van der Waals surface area contributed by atoms with E-state index in [0.717, 1.165) is 5.56 Å². The zero-order valence-corrected chi connectivity index (χ0v) is 25.4. The highest BCUT2D eigenvalue weighted by Crippen LogP contribution is 2.47. The van der Waals surface area contributed by atoms with Gasteiger partial charge in [-0.05, 0) is 54.4 Å². The van der Waals surface area contributed by atoms with Crippen molar-refractivity contribution < 1.29 is 33.7 Å². The predicted octanol–water partition coefficient (Wildman–Crippen LogP) is 5.60. The average Bonchev–Trinajstić information content (AvgIpc) is 3.04. The molecule has 1 fully saturated rings. The largest absolute Gasteiger partial charge is 0.495 e. The fraction of sp³-hybridized carbons (Fsp3) is 0.250. The van der Waals surface area contributed by atoms with Gasteiger partial charge in [0.2, 0.25) is 11.8 Å². The lowest BCUT2D eigenvalue weighted by Crippen LogP contribution is -2.56. The fourth-order valence-corrected chi connectivity index (χ4v) is 5.94. The Morgan fingerprint density at radius 1 is 0.778 bits per heavy atom. The van der Waals surface area contributed by atoms with E-state index in [9.17, 15) is 19.5 Å². The van der Waals surface area contributed by atoms with Gasteiger partial charge in [-0.3, -0.25) is 14.4 Å². The van der Waals surface area contributed by atoms with Gasteiger partial charge in [0.1, 0.15) is 35.6 Å². The van der Waals surface area contributed by atoms with Crippen molar-refractivity contribution in [1.29, 1.82) is 0 Å². The maximum Gasteiger partial charge on any atom is 0.235 e. The van der Waals surface area contributed by atoms with Crippen molar-refractivity contribution in [3.05, 3.63) is 114 Å². The summed E-state index contributed by atoms with van der Waals surface area (Å²) >= 11 is 0. The number of Topliss-reactive ketones (excluding diaryl/α,β-unsaturated/α-hetero) is 1. The van der Waals surface area contributed by atoms with E-state index < -0.39 is 47.4 Å². The Bertz CT molecular complexity index is 1650. The van der Waals surface area contributed by atoms with Gasteiger partial charge in [0.05, 0.1) is 37.1 Å². The van der Waals surface area contributed by atoms with Gasteiger partial charge in [-0.15, -0.1) is 0 Å². The molecule has 0 saturated heterocycles. The van der Waals surface area contributed by atoms with E-state index in [1.807, 2.05) is 30.3 Å². The number of ketones is 1. The first-order chi connectivity index (χ1) is 21.7. The lowest BCUT2D eigenvalue weighted by atomic mass is 9.61. The van der Waals surface area contributed by atoms with E-state index in [1.165, 1.54) is 21.1 Å². The molecule has 45 heavy (non-hydrogen) atoms. The minimum atomic E-state index is -1.77. The molecule has 3 N–H and O–H groups in total. The number of hydrogen-bond donors (Lipinski definition) is 3. The summed E-state index contributed by atoms with van der Waals surface area (Å²) in [5.74, 6) is -3.73. The second-order valence-corrected chi connectivity index (χ2v) is 11.2. The number of para-hydroxylation sites is 4. The molecule has 5 rings (SSSR count). The first kappa shape index (κ1) is 31.3. The number of benzene rings is 4. The number of amides is 2. The van der Waals surface area contributed by atoms with Crippen molar-refractivity contribution in [2.24, 2.45) is 11.8 Å². The number of methoxy groups -OCH3 is 2. The molecule has 0 heterocycles. The normalized spacial score (nSPS) is 21.0. The van der Waals surface area contributed by atoms with Crippen LogP contribution in [0.3, 0.4) is 0 Å². The number of rotatable bonds is 10. The summed E-state index contributed by atoms with van der Waals surface area (Å²) in [6.45, 7) is 1.81.